The highest BCUT2D eigenvalue weighted by Gasteiger charge is 2.00. The average molecular weight is 280 g/mol. The number of benzene rings is 1. The molecule has 21 heavy (non-hydrogen) atoms. The quantitative estimate of drug-likeness (QED) is 0.825. The number of amides is 1. The van der Waals surface area contributed by atoms with Crippen LogP contribution in [0.1, 0.15) is 24.6 Å². The zero-order valence-electron chi connectivity index (χ0n) is 12.3. The molecule has 108 valence electrons. The van der Waals surface area contributed by atoms with Gasteiger partial charge in [0.1, 0.15) is 0 Å². The molecule has 0 aliphatic carbocycles. The van der Waals surface area contributed by atoms with Gasteiger partial charge in [-0.2, -0.15) is 0 Å². The van der Waals surface area contributed by atoms with E-state index in [1.54, 1.807) is 12.3 Å². The molecule has 1 aromatic heterocycles. The molecule has 1 amide bonds. The Hall–Kier alpha value is -2.42. The molecule has 0 atom stereocenters. The molecular formula is C18H20N2O. The molecule has 0 aliphatic heterocycles. The van der Waals surface area contributed by atoms with Crippen molar-refractivity contribution >= 4 is 5.91 Å². The predicted octanol–water partition coefficient (Wildman–Crippen LogP) is 3.28. The van der Waals surface area contributed by atoms with Crippen LogP contribution in [0, 0.1) is 0 Å². The summed E-state index contributed by atoms with van der Waals surface area (Å²) < 4.78 is 0. The van der Waals surface area contributed by atoms with E-state index in [1.165, 1.54) is 5.56 Å². The summed E-state index contributed by atoms with van der Waals surface area (Å²) in [7, 11) is 0. The molecule has 1 heterocycles. The van der Waals surface area contributed by atoms with Gasteiger partial charge in [0.2, 0.25) is 5.91 Å². The van der Waals surface area contributed by atoms with Crippen LogP contribution in [0.4, 0.5) is 0 Å². The maximum Gasteiger partial charge on any atom is 0.244 e. The van der Waals surface area contributed by atoms with Gasteiger partial charge in [0, 0.05) is 12.3 Å². The molecule has 0 aliphatic rings. The highest BCUT2D eigenvalue weighted by molar-refractivity contribution is 5.88. The summed E-state index contributed by atoms with van der Waals surface area (Å²) in [5.74, 6) is -0.0637. The third-order valence-electron chi connectivity index (χ3n) is 3.20. The number of hydrogen-bond acceptors (Lipinski definition) is 2. The lowest BCUT2D eigenvalue weighted by Crippen LogP contribution is -2.21. The molecule has 1 N–H and O–H groups in total. The van der Waals surface area contributed by atoms with Crippen LogP contribution in [0.15, 0.2) is 66.4 Å². The first-order valence-corrected chi connectivity index (χ1v) is 7.13. The monoisotopic (exact) mass is 280 g/mol. The summed E-state index contributed by atoms with van der Waals surface area (Å²) in [5.41, 5.74) is 3.23. The van der Waals surface area contributed by atoms with Crippen LogP contribution < -0.4 is 5.32 Å². The summed E-state index contributed by atoms with van der Waals surface area (Å²) in [4.78, 5) is 16.0. The molecule has 0 saturated heterocycles. The van der Waals surface area contributed by atoms with Crippen molar-refractivity contribution in [2.24, 2.45) is 0 Å². The first kappa shape index (κ1) is 15.0. The largest absolute Gasteiger partial charge is 0.347 e. The van der Waals surface area contributed by atoms with E-state index in [0.29, 0.717) is 6.54 Å². The van der Waals surface area contributed by atoms with Gasteiger partial charge in [-0.3, -0.25) is 9.78 Å². The van der Waals surface area contributed by atoms with Gasteiger partial charge in [-0.05, 0) is 37.5 Å². The van der Waals surface area contributed by atoms with Crippen LogP contribution in [0.3, 0.4) is 0 Å². The van der Waals surface area contributed by atoms with Crippen molar-refractivity contribution < 1.29 is 4.79 Å². The van der Waals surface area contributed by atoms with E-state index < -0.39 is 0 Å². The van der Waals surface area contributed by atoms with E-state index in [2.05, 4.69) is 22.4 Å². The van der Waals surface area contributed by atoms with Gasteiger partial charge in [0.05, 0.1) is 12.2 Å². The number of aryl methyl sites for hydroxylation is 1. The Kier molecular flexibility index (Phi) is 5.71. The van der Waals surface area contributed by atoms with Crippen LogP contribution >= 0.6 is 0 Å². The van der Waals surface area contributed by atoms with E-state index in [1.807, 2.05) is 43.3 Å². The lowest BCUT2D eigenvalue weighted by Gasteiger charge is -2.04. The lowest BCUT2D eigenvalue weighted by molar-refractivity contribution is -0.116. The molecule has 0 spiro atoms. The van der Waals surface area contributed by atoms with Gasteiger partial charge in [-0.15, -0.1) is 0 Å². The van der Waals surface area contributed by atoms with E-state index in [4.69, 9.17) is 0 Å². The molecule has 0 radical (unpaired) electrons. The fourth-order valence-corrected chi connectivity index (χ4v) is 2.01. The van der Waals surface area contributed by atoms with Crippen LogP contribution in [-0.4, -0.2) is 10.9 Å². The van der Waals surface area contributed by atoms with Gasteiger partial charge in [-0.25, -0.2) is 0 Å². The Bertz CT molecular complexity index is 591. The van der Waals surface area contributed by atoms with Crippen LogP contribution in [-0.2, 0) is 17.8 Å². The Balaban J connectivity index is 1.77. The SMILES string of the molecule is C/C(=C/C(=O)NCc1ccccn1)CCc1ccccc1. The maximum absolute atomic E-state index is 11.8. The summed E-state index contributed by atoms with van der Waals surface area (Å²) in [5, 5.41) is 2.85. The van der Waals surface area contributed by atoms with Gasteiger partial charge in [-0.1, -0.05) is 42.0 Å². The molecule has 0 fully saturated rings. The summed E-state index contributed by atoms with van der Waals surface area (Å²) >= 11 is 0. The van der Waals surface area contributed by atoms with Crippen molar-refractivity contribution in [3.63, 3.8) is 0 Å². The molecular weight excluding hydrogens is 260 g/mol. The molecule has 2 rings (SSSR count). The minimum atomic E-state index is -0.0637. The van der Waals surface area contributed by atoms with E-state index >= 15 is 0 Å². The number of carbonyl (C=O) groups excluding carboxylic acids is 1. The van der Waals surface area contributed by atoms with Gasteiger partial charge < -0.3 is 5.32 Å². The molecule has 0 unspecified atom stereocenters. The van der Waals surface area contributed by atoms with Gasteiger partial charge >= 0.3 is 0 Å². The molecule has 1 aromatic carbocycles. The van der Waals surface area contributed by atoms with Crippen molar-refractivity contribution in [3.05, 3.63) is 77.6 Å². The van der Waals surface area contributed by atoms with Gasteiger partial charge in [0.15, 0.2) is 0 Å². The Labute approximate surface area is 125 Å². The fraction of sp³-hybridized carbons (Fsp3) is 0.222. The van der Waals surface area contributed by atoms with Crippen LogP contribution in [0.2, 0.25) is 0 Å². The normalized spacial score (nSPS) is 11.2. The highest BCUT2D eigenvalue weighted by Crippen LogP contribution is 2.08. The number of pyridine rings is 1. The second-order valence-corrected chi connectivity index (χ2v) is 5.02. The average Bonchev–Trinajstić information content (AvgIpc) is 2.53. The van der Waals surface area contributed by atoms with E-state index in [0.717, 1.165) is 24.1 Å². The number of allylic oxidation sites excluding steroid dienone is 1. The molecule has 0 saturated carbocycles. The minimum Gasteiger partial charge on any atom is -0.347 e. The van der Waals surface area contributed by atoms with E-state index in [-0.39, 0.29) is 5.91 Å². The van der Waals surface area contributed by atoms with E-state index in [9.17, 15) is 4.79 Å². The number of hydrogen-bond donors (Lipinski definition) is 1. The fourth-order valence-electron chi connectivity index (χ4n) is 2.01. The maximum atomic E-state index is 11.8. The second kappa shape index (κ2) is 8.00. The van der Waals surface area contributed by atoms with Crippen molar-refractivity contribution in [2.75, 3.05) is 0 Å². The highest BCUT2D eigenvalue weighted by atomic mass is 16.1. The predicted molar refractivity (Wildman–Crippen MR) is 84.6 cm³/mol. The summed E-state index contributed by atoms with van der Waals surface area (Å²) in [6.07, 6.45) is 5.24. The van der Waals surface area contributed by atoms with Crippen molar-refractivity contribution in [3.8, 4) is 0 Å². The Morgan fingerprint density at radius 1 is 1.14 bits per heavy atom. The summed E-state index contributed by atoms with van der Waals surface area (Å²) in [6.45, 7) is 2.45. The standard InChI is InChI=1S/C18H20N2O/c1-15(10-11-16-7-3-2-4-8-16)13-18(21)20-14-17-9-5-6-12-19-17/h2-9,12-13H,10-11,14H2,1H3,(H,20,21)/b15-13-. The van der Waals surface area contributed by atoms with Gasteiger partial charge in [0.25, 0.3) is 0 Å². The van der Waals surface area contributed by atoms with Crippen molar-refractivity contribution in [1.82, 2.24) is 10.3 Å². The number of carbonyl (C=O) groups is 1. The third-order valence-corrected chi connectivity index (χ3v) is 3.20. The molecule has 3 nitrogen and oxygen atoms in total. The number of aromatic nitrogens is 1. The van der Waals surface area contributed by atoms with Crippen LogP contribution in [0.25, 0.3) is 0 Å². The zero-order chi connectivity index (χ0) is 14.9. The number of nitrogens with zero attached hydrogens (tertiary/aromatic N) is 1. The topological polar surface area (TPSA) is 42.0 Å². The van der Waals surface area contributed by atoms with Crippen LogP contribution in [0.5, 0.6) is 0 Å². The number of nitrogens with one attached hydrogen (secondary N) is 1. The molecule has 0 bridgehead atoms. The first-order chi connectivity index (χ1) is 10.2. The molecule has 3 heteroatoms. The summed E-state index contributed by atoms with van der Waals surface area (Å²) in [6, 6.07) is 16.0. The minimum absolute atomic E-state index is 0.0637. The first-order valence-electron chi connectivity index (χ1n) is 7.13. The Morgan fingerprint density at radius 3 is 2.62 bits per heavy atom. The Morgan fingerprint density at radius 2 is 1.90 bits per heavy atom. The smallest absolute Gasteiger partial charge is 0.244 e. The lowest BCUT2D eigenvalue weighted by atomic mass is 10.1. The zero-order valence-corrected chi connectivity index (χ0v) is 12.3. The van der Waals surface area contributed by atoms with Crippen molar-refractivity contribution in [1.29, 1.82) is 0 Å². The number of rotatable bonds is 6. The molecule has 2 aromatic rings. The van der Waals surface area contributed by atoms with Crippen molar-refractivity contribution in [2.45, 2.75) is 26.3 Å². The second-order valence-electron chi connectivity index (χ2n) is 5.02. The third kappa shape index (κ3) is 5.61.